The van der Waals surface area contributed by atoms with Crippen molar-refractivity contribution in [2.45, 2.75) is 18.6 Å². The molecule has 166 valence electrons. The normalized spacial score (nSPS) is 15.5. The van der Waals surface area contributed by atoms with Gasteiger partial charge in [0.25, 0.3) is 0 Å². The molecule has 1 amide bonds. The van der Waals surface area contributed by atoms with Crippen LogP contribution in [0, 0.1) is 5.92 Å². The molecule has 2 aromatic rings. The van der Waals surface area contributed by atoms with E-state index >= 15 is 0 Å². The lowest BCUT2D eigenvalue weighted by Crippen LogP contribution is -2.42. The van der Waals surface area contributed by atoms with Crippen molar-refractivity contribution in [2.75, 3.05) is 25.5 Å². The number of nitrogens with one attached hydrogen (secondary N) is 1. The van der Waals surface area contributed by atoms with Crippen molar-refractivity contribution in [3.05, 3.63) is 63.6 Å². The molecule has 0 unspecified atom stereocenters. The van der Waals surface area contributed by atoms with Crippen LogP contribution in [0.2, 0.25) is 10.0 Å². The highest BCUT2D eigenvalue weighted by molar-refractivity contribution is 7.88. The maximum absolute atomic E-state index is 12.8. The summed E-state index contributed by atoms with van der Waals surface area (Å²) in [4.78, 5) is 24.6. The van der Waals surface area contributed by atoms with E-state index in [0.717, 1.165) is 0 Å². The number of amides is 1. The van der Waals surface area contributed by atoms with E-state index < -0.39 is 16.0 Å². The molecule has 0 spiro atoms. The van der Waals surface area contributed by atoms with Gasteiger partial charge in [-0.05, 0) is 42.7 Å². The fraction of sp³-hybridized carbons (Fsp3) is 0.333. The first kappa shape index (κ1) is 23.5. The largest absolute Gasteiger partial charge is 0.465 e. The average Bonchev–Trinajstić information content (AvgIpc) is 2.76. The Balaban J connectivity index is 1.60. The van der Waals surface area contributed by atoms with Crippen molar-refractivity contribution in [3.8, 4) is 0 Å². The molecule has 10 heteroatoms. The van der Waals surface area contributed by atoms with Gasteiger partial charge in [-0.2, -0.15) is 0 Å². The number of rotatable bonds is 6. The van der Waals surface area contributed by atoms with Crippen molar-refractivity contribution >= 4 is 50.8 Å². The van der Waals surface area contributed by atoms with Gasteiger partial charge < -0.3 is 10.1 Å². The van der Waals surface area contributed by atoms with Gasteiger partial charge in [0, 0.05) is 19.0 Å². The molecule has 0 bridgehead atoms. The van der Waals surface area contributed by atoms with Crippen LogP contribution < -0.4 is 5.32 Å². The van der Waals surface area contributed by atoms with Crippen molar-refractivity contribution < 1.29 is 22.7 Å². The summed E-state index contributed by atoms with van der Waals surface area (Å²) >= 11 is 11.9. The fourth-order valence-corrected chi connectivity index (χ4v) is 5.31. The summed E-state index contributed by atoms with van der Waals surface area (Å²) < 4.78 is 31.7. The van der Waals surface area contributed by atoms with Crippen molar-refractivity contribution in [1.82, 2.24) is 4.31 Å². The Hall–Kier alpha value is -2.13. The molecule has 31 heavy (non-hydrogen) atoms. The van der Waals surface area contributed by atoms with Crippen molar-refractivity contribution in [1.29, 1.82) is 0 Å². The molecule has 3 rings (SSSR count). The molecule has 2 aromatic carbocycles. The lowest BCUT2D eigenvalue weighted by molar-refractivity contribution is -0.120. The lowest BCUT2D eigenvalue weighted by Gasteiger charge is -2.30. The van der Waals surface area contributed by atoms with E-state index in [-0.39, 0.29) is 36.2 Å². The van der Waals surface area contributed by atoms with E-state index in [4.69, 9.17) is 27.9 Å². The van der Waals surface area contributed by atoms with E-state index in [0.29, 0.717) is 34.1 Å². The van der Waals surface area contributed by atoms with Gasteiger partial charge in [0.15, 0.2) is 0 Å². The third-order valence-electron chi connectivity index (χ3n) is 5.14. The highest BCUT2D eigenvalue weighted by Gasteiger charge is 2.31. The van der Waals surface area contributed by atoms with Gasteiger partial charge in [-0.25, -0.2) is 17.5 Å². The molecule has 1 aliphatic rings. The molecular formula is C21H22Cl2N2O5S. The number of benzene rings is 2. The van der Waals surface area contributed by atoms with Crippen LogP contribution in [-0.2, 0) is 25.3 Å². The number of para-hydroxylation sites is 1. The van der Waals surface area contributed by atoms with Crippen molar-refractivity contribution in [3.63, 3.8) is 0 Å². The van der Waals surface area contributed by atoms with Gasteiger partial charge in [-0.15, -0.1) is 0 Å². The minimum absolute atomic E-state index is 0.187. The van der Waals surface area contributed by atoms with Crippen LogP contribution in [0.3, 0.4) is 0 Å². The quantitative estimate of drug-likeness (QED) is 0.626. The molecule has 1 fully saturated rings. The predicted octanol–water partition coefficient (Wildman–Crippen LogP) is 3.96. The SMILES string of the molecule is COC(=O)c1ccccc1NC(=O)C1CCN(S(=O)(=O)Cc2ccc(Cl)c(Cl)c2)CC1. The topological polar surface area (TPSA) is 92.8 Å². The molecule has 0 atom stereocenters. The summed E-state index contributed by atoms with van der Waals surface area (Å²) in [5, 5.41) is 3.43. The number of piperidine rings is 1. The predicted molar refractivity (Wildman–Crippen MR) is 120 cm³/mol. The number of hydrogen-bond donors (Lipinski definition) is 1. The van der Waals surface area contributed by atoms with Crippen LogP contribution in [0.25, 0.3) is 0 Å². The summed E-state index contributed by atoms with van der Waals surface area (Å²) in [5.41, 5.74) is 1.18. The van der Waals surface area contributed by atoms with Gasteiger partial charge in [0.1, 0.15) is 0 Å². The van der Waals surface area contributed by atoms with Crippen LogP contribution in [0.1, 0.15) is 28.8 Å². The number of hydrogen-bond acceptors (Lipinski definition) is 5. The van der Waals surface area contributed by atoms with E-state index in [2.05, 4.69) is 5.32 Å². The first-order valence-electron chi connectivity index (χ1n) is 9.61. The maximum Gasteiger partial charge on any atom is 0.339 e. The third kappa shape index (κ3) is 5.77. The fourth-order valence-electron chi connectivity index (χ4n) is 3.44. The highest BCUT2D eigenvalue weighted by Crippen LogP contribution is 2.27. The average molecular weight is 485 g/mol. The first-order valence-corrected chi connectivity index (χ1v) is 12.0. The molecule has 7 nitrogen and oxygen atoms in total. The smallest absolute Gasteiger partial charge is 0.339 e. The molecule has 0 radical (unpaired) electrons. The molecule has 1 aliphatic heterocycles. The molecule has 0 aromatic heterocycles. The Morgan fingerprint density at radius 2 is 1.77 bits per heavy atom. The van der Waals surface area contributed by atoms with Gasteiger partial charge in [0.2, 0.25) is 15.9 Å². The Kier molecular flexibility index (Phi) is 7.59. The van der Waals surface area contributed by atoms with E-state index in [9.17, 15) is 18.0 Å². The third-order valence-corrected chi connectivity index (χ3v) is 7.73. The Labute approximate surface area is 191 Å². The summed E-state index contributed by atoms with van der Waals surface area (Å²) in [6.45, 7) is 0.473. The number of nitrogens with zero attached hydrogens (tertiary/aromatic N) is 1. The molecule has 1 heterocycles. The number of sulfonamides is 1. The second-order valence-corrected chi connectivity index (χ2v) is 9.99. The standard InChI is InChI=1S/C21H22Cl2N2O5S/c1-30-21(27)16-4-2-3-5-19(16)24-20(26)15-8-10-25(11-9-15)31(28,29)13-14-6-7-17(22)18(23)12-14/h2-7,12,15H,8-11,13H2,1H3,(H,24,26). The Morgan fingerprint density at radius 1 is 1.10 bits per heavy atom. The number of anilines is 1. The van der Waals surface area contributed by atoms with E-state index in [1.165, 1.54) is 11.4 Å². The zero-order valence-corrected chi connectivity index (χ0v) is 19.1. The van der Waals surface area contributed by atoms with E-state index in [1.807, 2.05) is 0 Å². The second-order valence-electron chi connectivity index (χ2n) is 7.20. The minimum atomic E-state index is -3.56. The molecular weight excluding hydrogens is 463 g/mol. The van der Waals surface area contributed by atoms with Gasteiger partial charge in [0.05, 0.1) is 34.2 Å². The molecule has 1 N–H and O–H groups in total. The zero-order chi connectivity index (χ0) is 22.6. The summed E-state index contributed by atoms with van der Waals surface area (Å²) in [6, 6.07) is 11.3. The monoisotopic (exact) mass is 484 g/mol. The van der Waals surface area contributed by atoms with Crippen LogP contribution in [0.15, 0.2) is 42.5 Å². The number of esters is 1. The number of halogens is 2. The second kappa shape index (κ2) is 9.99. The number of carbonyl (C=O) groups is 2. The van der Waals surface area contributed by atoms with Crippen LogP contribution >= 0.6 is 23.2 Å². The molecule has 0 saturated carbocycles. The van der Waals surface area contributed by atoms with Gasteiger partial charge in [-0.1, -0.05) is 41.4 Å². The number of carbonyl (C=O) groups excluding carboxylic acids is 2. The van der Waals surface area contributed by atoms with Crippen LogP contribution in [-0.4, -0.2) is 44.8 Å². The molecule has 1 saturated heterocycles. The van der Waals surface area contributed by atoms with Gasteiger partial charge in [-0.3, -0.25) is 4.79 Å². The first-order chi connectivity index (χ1) is 14.7. The molecule has 0 aliphatic carbocycles. The van der Waals surface area contributed by atoms with Gasteiger partial charge >= 0.3 is 5.97 Å². The summed E-state index contributed by atoms with van der Waals surface area (Å²) in [6.07, 6.45) is 0.764. The Bertz CT molecular complexity index is 1080. The van der Waals surface area contributed by atoms with E-state index in [1.54, 1.807) is 42.5 Å². The van der Waals surface area contributed by atoms with Crippen LogP contribution in [0.4, 0.5) is 5.69 Å². The highest BCUT2D eigenvalue weighted by atomic mass is 35.5. The lowest BCUT2D eigenvalue weighted by atomic mass is 9.97. The minimum Gasteiger partial charge on any atom is -0.465 e. The summed E-state index contributed by atoms with van der Waals surface area (Å²) in [7, 11) is -2.28. The Morgan fingerprint density at radius 3 is 2.42 bits per heavy atom. The number of methoxy groups -OCH3 is 1. The summed E-state index contributed by atoms with van der Waals surface area (Å²) in [5.74, 6) is -1.34. The van der Waals surface area contributed by atoms with Crippen LogP contribution in [0.5, 0.6) is 0 Å². The zero-order valence-electron chi connectivity index (χ0n) is 16.8. The number of ether oxygens (including phenoxy) is 1. The van der Waals surface area contributed by atoms with Crippen molar-refractivity contribution in [2.24, 2.45) is 5.92 Å². The maximum atomic E-state index is 12.8.